The van der Waals surface area contributed by atoms with Crippen LogP contribution in [-0.2, 0) is 16.0 Å². The summed E-state index contributed by atoms with van der Waals surface area (Å²) in [6.45, 7) is 0.754. The van der Waals surface area contributed by atoms with Crippen molar-refractivity contribution < 1.29 is 14.3 Å². The Morgan fingerprint density at radius 2 is 2.17 bits per heavy atom. The van der Waals surface area contributed by atoms with Crippen molar-refractivity contribution in [1.29, 1.82) is 0 Å². The van der Waals surface area contributed by atoms with Crippen molar-refractivity contribution in [2.24, 2.45) is 11.7 Å². The highest BCUT2D eigenvalue weighted by atomic mass is 16.5. The molecule has 18 heavy (non-hydrogen) atoms. The van der Waals surface area contributed by atoms with Gasteiger partial charge >= 0.3 is 5.97 Å². The molecule has 0 aromatic heterocycles. The van der Waals surface area contributed by atoms with Crippen molar-refractivity contribution in [1.82, 2.24) is 0 Å². The van der Waals surface area contributed by atoms with Crippen molar-refractivity contribution in [3.8, 4) is 5.75 Å². The molecule has 2 rings (SSSR count). The van der Waals surface area contributed by atoms with E-state index in [1.54, 1.807) is 0 Å². The van der Waals surface area contributed by atoms with E-state index in [1.165, 1.54) is 20.0 Å². The van der Waals surface area contributed by atoms with E-state index in [9.17, 15) is 4.79 Å². The van der Waals surface area contributed by atoms with Crippen LogP contribution >= 0.6 is 0 Å². The van der Waals surface area contributed by atoms with Crippen LogP contribution in [0, 0.1) is 5.92 Å². The Hall–Kier alpha value is -1.55. The molecule has 2 N–H and O–H groups in total. The van der Waals surface area contributed by atoms with E-state index in [0.29, 0.717) is 12.3 Å². The first-order valence-electron chi connectivity index (χ1n) is 6.25. The van der Waals surface area contributed by atoms with Crippen LogP contribution in [0.15, 0.2) is 24.3 Å². The molecular weight excluding hydrogens is 230 g/mol. The zero-order chi connectivity index (χ0) is 13.0. The summed E-state index contributed by atoms with van der Waals surface area (Å²) in [6, 6.07) is 7.06. The number of benzene rings is 1. The molecule has 0 bridgehead atoms. The molecule has 1 aromatic carbocycles. The van der Waals surface area contributed by atoms with Crippen molar-refractivity contribution >= 4 is 5.97 Å². The second-order valence-corrected chi connectivity index (χ2v) is 4.70. The number of hydrogen-bond donors (Lipinski definition) is 1. The summed E-state index contributed by atoms with van der Waals surface area (Å²) in [5.41, 5.74) is 6.72. The molecule has 1 atom stereocenters. The molecule has 0 aliphatic heterocycles. The van der Waals surface area contributed by atoms with E-state index in [4.69, 9.17) is 10.5 Å². The first-order valence-corrected chi connectivity index (χ1v) is 6.25. The molecule has 0 radical (unpaired) electrons. The molecule has 0 amide bonds. The number of hydrogen-bond acceptors (Lipinski definition) is 4. The number of carbonyl (C=O) groups excluding carboxylic acids is 1. The summed E-state index contributed by atoms with van der Waals surface area (Å²) >= 11 is 0. The fraction of sp³-hybridized carbons (Fsp3) is 0.500. The van der Waals surface area contributed by atoms with Crippen LogP contribution in [0.5, 0.6) is 5.75 Å². The van der Waals surface area contributed by atoms with Crippen molar-refractivity contribution in [2.75, 3.05) is 13.7 Å². The Morgan fingerprint density at radius 3 is 2.83 bits per heavy atom. The minimum absolute atomic E-state index is 0.396. The number of methoxy groups -OCH3 is 1. The zero-order valence-electron chi connectivity index (χ0n) is 10.6. The lowest BCUT2D eigenvalue weighted by atomic mass is 10.1. The van der Waals surface area contributed by atoms with Crippen LogP contribution in [0.25, 0.3) is 0 Å². The molecular formula is C14H19NO3. The molecule has 0 saturated heterocycles. The molecule has 0 unspecified atom stereocenters. The summed E-state index contributed by atoms with van der Waals surface area (Å²) in [6.07, 6.45) is 2.95. The highest BCUT2D eigenvalue weighted by molar-refractivity contribution is 5.75. The molecule has 1 saturated carbocycles. The second-order valence-electron chi connectivity index (χ2n) is 4.70. The molecule has 1 aromatic rings. The number of carbonyl (C=O) groups is 1. The molecule has 4 heteroatoms. The third kappa shape index (κ3) is 3.47. The zero-order valence-corrected chi connectivity index (χ0v) is 10.6. The average Bonchev–Trinajstić information content (AvgIpc) is 3.20. The molecule has 0 heterocycles. The van der Waals surface area contributed by atoms with Gasteiger partial charge in [0.2, 0.25) is 0 Å². The monoisotopic (exact) mass is 249 g/mol. The third-order valence-corrected chi connectivity index (χ3v) is 3.09. The van der Waals surface area contributed by atoms with Gasteiger partial charge in [0.15, 0.2) is 0 Å². The SMILES string of the molecule is COC(=O)[C@H](N)Cc1ccccc1OCC1CC1. The first-order chi connectivity index (χ1) is 8.70. The van der Waals surface area contributed by atoms with Gasteiger partial charge in [-0.1, -0.05) is 18.2 Å². The minimum atomic E-state index is -0.638. The largest absolute Gasteiger partial charge is 0.493 e. The number of para-hydroxylation sites is 1. The van der Waals surface area contributed by atoms with Gasteiger partial charge in [-0.3, -0.25) is 4.79 Å². The Morgan fingerprint density at radius 1 is 1.44 bits per heavy atom. The lowest BCUT2D eigenvalue weighted by molar-refractivity contribution is -0.142. The smallest absolute Gasteiger partial charge is 0.322 e. The first kappa shape index (κ1) is 12.9. The van der Waals surface area contributed by atoms with Gasteiger partial charge in [0, 0.05) is 6.42 Å². The molecule has 4 nitrogen and oxygen atoms in total. The van der Waals surface area contributed by atoms with Crippen LogP contribution in [0.4, 0.5) is 0 Å². The van der Waals surface area contributed by atoms with Crippen LogP contribution in [0.2, 0.25) is 0 Å². The summed E-state index contributed by atoms with van der Waals surface area (Å²) in [5.74, 6) is 1.13. The van der Waals surface area contributed by atoms with E-state index >= 15 is 0 Å². The van der Waals surface area contributed by atoms with Crippen molar-refractivity contribution in [2.45, 2.75) is 25.3 Å². The van der Waals surface area contributed by atoms with E-state index < -0.39 is 12.0 Å². The topological polar surface area (TPSA) is 61.5 Å². The van der Waals surface area contributed by atoms with Crippen LogP contribution in [-0.4, -0.2) is 25.7 Å². The predicted molar refractivity (Wildman–Crippen MR) is 68.4 cm³/mol. The summed E-state index contributed by atoms with van der Waals surface area (Å²) < 4.78 is 10.4. The van der Waals surface area contributed by atoms with Gasteiger partial charge < -0.3 is 15.2 Å². The van der Waals surface area contributed by atoms with Gasteiger partial charge in [0.25, 0.3) is 0 Å². The molecule has 1 aliphatic carbocycles. The van der Waals surface area contributed by atoms with E-state index in [-0.39, 0.29) is 0 Å². The molecule has 1 aliphatic rings. The van der Waals surface area contributed by atoms with Gasteiger partial charge in [-0.2, -0.15) is 0 Å². The lowest BCUT2D eigenvalue weighted by Gasteiger charge is -2.14. The van der Waals surface area contributed by atoms with E-state index in [1.807, 2.05) is 24.3 Å². The number of ether oxygens (including phenoxy) is 2. The fourth-order valence-electron chi connectivity index (χ4n) is 1.78. The predicted octanol–water partition coefficient (Wildman–Crippen LogP) is 1.52. The third-order valence-electron chi connectivity index (χ3n) is 3.09. The normalized spacial score (nSPS) is 16.1. The van der Waals surface area contributed by atoms with E-state index in [2.05, 4.69) is 4.74 Å². The van der Waals surface area contributed by atoms with Gasteiger partial charge in [0.05, 0.1) is 13.7 Å². The number of nitrogens with two attached hydrogens (primary N) is 1. The highest BCUT2D eigenvalue weighted by Crippen LogP contribution is 2.30. The molecule has 98 valence electrons. The Labute approximate surface area is 107 Å². The Kier molecular flexibility index (Phi) is 4.20. The molecule has 1 fully saturated rings. The van der Waals surface area contributed by atoms with Crippen LogP contribution in [0.3, 0.4) is 0 Å². The summed E-state index contributed by atoms with van der Waals surface area (Å²) in [7, 11) is 1.34. The number of rotatable bonds is 6. The fourth-order valence-corrected chi connectivity index (χ4v) is 1.78. The second kappa shape index (κ2) is 5.87. The lowest BCUT2D eigenvalue weighted by Crippen LogP contribution is -2.33. The minimum Gasteiger partial charge on any atom is -0.493 e. The average molecular weight is 249 g/mol. The van der Waals surface area contributed by atoms with Crippen LogP contribution in [0.1, 0.15) is 18.4 Å². The van der Waals surface area contributed by atoms with E-state index in [0.717, 1.165) is 17.9 Å². The quantitative estimate of drug-likeness (QED) is 0.776. The maximum absolute atomic E-state index is 11.3. The maximum Gasteiger partial charge on any atom is 0.322 e. The van der Waals surface area contributed by atoms with Crippen LogP contribution < -0.4 is 10.5 Å². The van der Waals surface area contributed by atoms with Gasteiger partial charge in [0.1, 0.15) is 11.8 Å². The summed E-state index contributed by atoms with van der Waals surface area (Å²) in [4.78, 5) is 11.3. The van der Waals surface area contributed by atoms with Crippen molar-refractivity contribution in [3.63, 3.8) is 0 Å². The number of esters is 1. The van der Waals surface area contributed by atoms with Crippen molar-refractivity contribution in [3.05, 3.63) is 29.8 Å². The highest BCUT2D eigenvalue weighted by Gasteiger charge is 2.23. The summed E-state index contributed by atoms with van der Waals surface area (Å²) in [5, 5.41) is 0. The Bertz CT molecular complexity index is 415. The Balaban J connectivity index is 1.99. The van der Waals surface area contributed by atoms with Gasteiger partial charge in [-0.25, -0.2) is 0 Å². The molecule has 0 spiro atoms. The standard InChI is InChI=1S/C14H19NO3/c1-17-14(16)12(15)8-11-4-2-3-5-13(11)18-9-10-6-7-10/h2-5,10,12H,6-9,15H2,1H3/t12-/m1/s1. The van der Waals surface area contributed by atoms with Gasteiger partial charge in [-0.05, 0) is 30.4 Å². The maximum atomic E-state index is 11.3. The van der Waals surface area contributed by atoms with Gasteiger partial charge in [-0.15, -0.1) is 0 Å².